The lowest BCUT2D eigenvalue weighted by Gasteiger charge is -2.21. The first-order valence-corrected chi connectivity index (χ1v) is 5.58. The molecule has 1 aliphatic heterocycles. The molecule has 0 bridgehead atoms. The van der Waals surface area contributed by atoms with Crippen LogP contribution in [-0.4, -0.2) is 6.61 Å². The van der Waals surface area contributed by atoms with Crippen LogP contribution in [0.4, 0.5) is 4.39 Å². The molecule has 86 valence electrons. The third-order valence-electron chi connectivity index (χ3n) is 2.67. The molecule has 1 aromatic rings. The molecule has 1 unspecified atom stereocenters. The van der Waals surface area contributed by atoms with E-state index in [1.54, 1.807) is 18.4 Å². The number of benzene rings is 1. The van der Waals surface area contributed by atoms with Crippen molar-refractivity contribution in [3.8, 4) is 0 Å². The Bertz CT molecular complexity index is 399. The van der Waals surface area contributed by atoms with Gasteiger partial charge in [-0.2, -0.15) is 0 Å². The summed E-state index contributed by atoms with van der Waals surface area (Å²) in [6, 6.07) is 4.06. The highest BCUT2D eigenvalue weighted by molar-refractivity contribution is 6.31. The van der Waals surface area contributed by atoms with Crippen LogP contribution in [0.25, 0.3) is 0 Å². The average molecular weight is 242 g/mol. The van der Waals surface area contributed by atoms with Gasteiger partial charge in [-0.05, 0) is 30.5 Å². The van der Waals surface area contributed by atoms with E-state index in [-0.39, 0.29) is 5.82 Å². The molecule has 1 aromatic carbocycles. The molecule has 16 heavy (non-hydrogen) atoms. The second-order valence-corrected chi connectivity index (χ2v) is 4.19. The monoisotopic (exact) mass is 241 g/mol. The Morgan fingerprint density at radius 2 is 2.25 bits per heavy atom. The summed E-state index contributed by atoms with van der Waals surface area (Å²) >= 11 is 5.96. The number of hydrogen-bond acceptors (Lipinski definition) is 2. The van der Waals surface area contributed by atoms with Crippen LogP contribution in [0, 0.1) is 5.82 Å². The van der Waals surface area contributed by atoms with Gasteiger partial charge in [-0.15, -0.1) is 0 Å². The molecule has 4 heteroatoms. The van der Waals surface area contributed by atoms with E-state index in [0.717, 1.165) is 18.4 Å². The summed E-state index contributed by atoms with van der Waals surface area (Å²) in [5.74, 6) is -0.369. The molecule has 0 aromatic heterocycles. The first-order chi connectivity index (χ1) is 7.70. The summed E-state index contributed by atoms with van der Waals surface area (Å²) in [6.07, 6.45) is 3.36. The predicted molar refractivity (Wildman–Crippen MR) is 61.6 cm³/mol. The zero-order valence-electron chi connectivity index (χ0n) is 8.75. The fourth-order valence-corrected chi connectivity index (χ4v) is 2.09. The van der Waals surface area contributed by atoms with Crippen LogP contribution in [0.15, 0.2) is 30.0 Å². The zero-order valence-corrected chi connectivity index (χ0v) is 9.51. The van der Waals surface area contributed by atoms with E-state index in [0.29, 0.717) is 17.2 Å². The molecule has 2 N–H and O–H groups in total. The van der Waals surface area contributed by atoms with E-state index < -0.39 is 6.04 Å². The van der Waals surface area contributed by atoms with E-state index in [9.17, 15) is 4.39 Å². The fraction of sp³-hybridized carbons (Fsp3) is 0.333. The molecule has 2 nitrogen and oxygen atoms in total. The van der Waals surface area contributed by atoms with Crippen molar-refractivity contribution in [3.05, 3.63) is 46.4 Å². The van der Waals surface area contributed by atoms with Crippen LogP contribution in [0.1, 0.15) is 24.4 Å². The Labute approximate surface area is 98.8 Å². The first-order valence-electron chi connectivity index (χ1n) is 5.20. The molecule has 1 atom stereocenters. The lowest BCUT2D eigenvalue weighted by molar-refractivity contribution is 0.221. The Morgan fingerprint density at radius 3 is 2.88 bits per heavy atom. The van der Waals surface area contributed by atoms with Crippen molar-refractivity contribution >= 4 is 11.6 Å². The highest BCUT2D eigenvalue weighted by Crippen LogP contribution is 2.31. The van der Waals surface area contributed by atoms with Crippen LogP contribution >= 0.6 is 11.6 Å². The Kier molecular flexibility index (Phi) is 3.46. The van der Waals surface area contributed by atoms with Crippen molar-refractivity contribution in [2.75, 3.05) is 6.61 Å². The smallest absolute Gasteiger partial charge is 0.129 e. The van der Waals surface area contributed by atoms with Crippen LogP contribution in [0.3, 0.4) is 0 Å². The van der Waals surface area contributed by atoms with E-state index >= 15 is 0 Å². The Hall–Kier alpha value is -1.06. The highest BCUT2D eigenvalue weighted by Gasteiger charge is 2.20. The lowest BCUT2D eigenvalue weighted by Crippen LogP contribution is -2.18. The first kappa shape index (κ1) is 11.4. The molecular weight excluding hydrogens is 229 g/mol. The number of rotatable bonds is 2. The van der Waals surface area contributed by atoms with Gasteiger partial charge in [-0.3, -0.25) is 0 Å². The van der Waals surface area contributed by atoms with Gasteiger partial charge in [-0.1, -0.05) is 17.7 Å². The largest absolute Gasteiger partial charge is 0.501 e. The molecule has 0 radical (unpaired) electrons. The van der Waals surface area contributed by atoms with E-state index in [1.165, 1.54) is 6.07 Å². The van der Waals surface area contributed by atoms with Crippen LogP contribution in [0.2, 0.25) is 5.02 Å². The van der Waals surface area contributed by atoms with Crippen molar-refractivity contribution in [3.63, 3.8) is 0 Å². The SMILES string of the molecule is NC(C1=COCCC1)c1c(F)cccc1Cl. The molecule has 1 heterocycles. The van der Waals surface area contributed by atoms with Gasteiger partial charge in [0.25, 0.3) is 0 Å². The van der Waals surface area contributed by atoms with E-state index in [2.05, 4.69) is 0 Å². The molecule has 2 rings (SSSR count). The minimum Gasteiger partial charge on any atom is -0.501 e. The average Bonchev–Trinajstić information content (AvgIpc) is 2.30. The van der Waals surface area contributed by atoms with Gasteiger partial charge in [0.05, 0.1) is 18.9 Å². The lowest BCUT2D eigenvalue weighted by atomic mass is 9.96. The minimum atomic E-state index is -0.519. The standard InChI is InChI=1S/C12H13ClFNO/c13-9-4-1-5-10(14)11(9)12(15)8-3-2-6-16-7-8/h1,4-5,7,12H,2-3,6,15H2. The van der Waals surface area contributed by atoms with Gasteiger partial charge in [-0.25, -0.2) is 4.39 Å². The normalized spacial score (nSPS) is 17.6. The maximum atomic E-state index is 13.6. The molecule has 0 saturated carbocycles. The van der Waals surface area contributed by atoms with Crippen LogP contribution in [0.5, 0.6) is 0 Å². The number of halogens is 2. The second-order valence-electron chi connectivity index (χ2n) is 3.78. The summed E-state index contributed by atoms with van der Waals surface area (Å²) < 4.78 is 18.8. The van der Waals surface area contributed by atoms with Gasteiger partial charge < -0.3 is 10.5 Å². The summed E-state index contributed by atoms with van der Waals surface area (Å²) in [5, 5.41) is 0.360. The molecule has 0 fully saturated rings. The molecule has 1 aliphatic rings. The fourth-order valence-electron chi connectivity index (χ4n) is 1.81. The van der Waals surface area contributed by atoms with Crippen molar-refractivity contribution in [1.82, 2.24) is 0 Å². The van der Waals surface area contributed by atoms with Gasteiger partial charge in [0.15, 0.2) is 0 Å². The molecule has 0 saturated heterocycles. The van der Waals surface area contributed by atoms with Crippen molar-refractivity contribution in [1.29, 1.82) is 0 Å². The van der Waals surface area contributed by atoms with E-state index in [4.69, 9.17) is 22.1 Å². The van der Waals surface area contributed by atoms with Crippen molar-refractivity contribution in [2.24, 2.45) is 5.73 Å². The highest BCUT2D eigenvalue weighted by atomic mass is 35.5. The van der Waals surface area contributed by atoms with Crippen LogP contribution < -0.4 is 5.73 Å². The Morgan fingerprint density at radius 1 is 1.44 bits per heavy atom. The van der Waals surface area contributed by atoms with Gasteiger partial charge in [0, 0.05) is 10.6 Å². The predicted octanol–water partition coefficient (Wildman–Crippen LogP) is 3.17. The Balaban J connectivity index is 2.33. The maximum Gasteiger partial charge on any atom is 0.129 e. The summed E-state index contributed by atoms with van der Waals surface area (Å²) in [5.41, 5.74) is 7.23. The van der Waals surface area contributed by atoms with Crippen molar-refractivity contribution < 1.29 is 9.13 Å². The van der Waals surface area contributed by atoms with E-state index in [1.807, 2.05) is 0 Å². The maximum absolute atomic E-state index is 13.6. The second kappa shape index (κ2) is 4.85. The third-order valence-corrected chi connectivity index (χ3v) is 3.00. The molecule has 0 aliphatic carbocycles. The van der Waals surface area contributed by atoms with Gasteiger partial charge in [0.2, 0.25) is 0 Å². The number of hydrogen-bond donors (Lipinski definition) is 1. The molecule has 0 spiro atoms. The van der Waals surface area contributed by atoms with Gasteiger partial charge >= 0.3 is 0 Å². The van der Waals surface area contributed by atoms with Crippen LogP contribution in [-0.2, 0) is 4.74 Å². The summed E-state index contributed by atoms with van der Waals surface area (Å²) in [6.45, 7) is 0.696. The van der Waals surface area contributed by atoms with Gasteiger partial charge in [0.1, 0.15) is 5.82 Å². The minimum absolute atomic E-state index is 0.348. The zero-order chi connectivity index (χ0) is 11.5. The third kappa shape index (κ3) is 2.20. The number of ether oxygens (including phenoxy) is 1. The summed E-state index contributed by atoms with van der Waals surface area (Å²) in [4.78, 5) is 0. The molecule has 0 amide bonds. The molecular formula is C12H13ClFNO. The quantitative estimate of drug-likeness (QED) is 0.863. The summed E-state index contributed by atoms with van der Waals surface area (Å²) in [7, 11) is 0. The topological polar surface area (TPSA) is 35.2 Å². The number of nitrogens with two attached hydrogens (primary N) is 1. The van der Waals surface area contributed by atoms with Crippen molar-refractivity contribution in [2.45, 2.75) is 18.9 Å².